The number of carboxylic acid groups (broad SMARTS) is 1. The van der Waals surface area contributed by atoms with E-state index >= 15 is 0 Å². The summed E-state index contributed by atoms with van der Waals surface area (Å²) >= 11 is 1.29. The molecule has 16 heavy (non-hydrogen) atoms. The largest absolute Gasteiger partial charge is 0.480 e. The third-order valence-corrected chi connectivity index (χ3v) is 3.69. The Kier molecular flexibility index (Phi) is 3.38. The molecule has 1 heterocycles. The predicted molar refractivity (Wildman–Crippen MR) is 62.0 cm³/mol. The van der Waals surface area contributed by atoms with Crippen LogP contribution >= 0.6 is 11.5 Å². The van der Waals surface area contributed by atoms with E-state index in [9.17, 15) is 4.79 Å². The minimum Gasteiger partial charge on any atom is -0.480 e. The molecule has 1 aromatic rings. The number of hydrogen-bond donors (Lipinski definition) is 1. The van der Waals surface area contributed by atoms with Crippen molar-refractivity contribution in [2.45, 2.75) is 31.6 Å². The van der Waals surface area contributed by atoms with Gasteiger partial charge >= 0.3 is 5.97 Å². The summed E-state index contributed by atoms with van der Waals surface area (Å²) in [5, 5.41) is 9.38. The highest BCUT2D eigenvalue weighted by molar-refractivity contribution is 7.09. The molecule has 0 bridgehead atoms. The second-order valence-corrected chi connectivity index (χ2v) is 4.90. The molecule has 0 aliphatic heterocycles. The molecular weight excluding hydrogens is 226 g/mol. The van der Waals surface area contributed by atoms with E-state index in [1.807, 2.05) is 0 Å². The third-order valence-electron chi connectivity index (χ3n) is 2.85. The van der Waals surface area contributed by atoms with Crippen molar-refractivity contribution < 1.29 is 9.90 Å². The number of likely N-dealkylation sites (N-methyl/N-ethyl adjacent to an activating group) is 1. The maximum Gasteiger partial charge on any atom is 0.323 e. The first-order valence-corrected chi connectivity index (χ1v) is 6.20. The van der Waals surface area contributed by atoms with E-state index in [2.05, 4.69) is 9.36 Å². The molecule has 0 unspecified atom stereocenters. The Morgan fingerprint density at radius 1 is 1.56 bits per heavy atom. The lowest BCUT2D eigenvalue weighted by molar-refractivity contribution is -0.135. The number of hydrogen-bond acceptors (Lipinski definition) is 5. The van der Waals surface area contributed by atoms with E-state index in [1.54, 1.807) is 11.9 Å². The van der Waals surface area contributed by atoms with Gasteiger partial charge < -0.3 is 10.0 Å². The van der Waals surface area contributed by atoms with Crippen LogP contribution in [0.1, 0.15) is 37.4 Å². The molecule has 5 nitrogen and oxygen atoms in total. The summed E-state index contributed by atoms with van der Waals surface area (Å²) in [6, 6.07) is 0. The third kappa shape index (κ3) is 2.49. The van der Waals surface area contributed by atoms with Crippen LogP contribution in [-0.4, -0.2) is 34.0 Å². The Hall–Kier alpha value is -1.17. The van der Waals surface area contributed by atoms with Crippen molar-refractivity contribution in [3.63, 3.8) is 0 Å². The van der Waals surface area contributed by atoms with E-state index < -0.39 is 5.97 Å². The Morgan fingerprint density at radius 2 is 2.25 bits per heavy atom. The molecule has 0 aromatic carbocycles. The van der Waals surface area contributed by atoms with E-state index in [0.717, 1.165) is 5.82 Å². The number of nitrogens with zero attached hydrogens (tertiary/aromatic N) is 3. The van der Waals surface area contributed by atoms with Gasteiger partial charge in [-0.15, -0.1) is 0 Å². The van der Waals surface area contributed by atoms with Gasteiger partial charge in [0.2, 0.25) is 5.13 Å². The van der Waals surface area contributed by atoms with E-state index in [-0.39, 0.29) is 6.54 Å². The number of aromatic nitrogens is 2. The van der Waals surface area contributed by atoms with Gasteiger partial charge in [0.05, 0.1) is 0 Å². The molecular formula is C10H15N3O2S. The molecule has 88 valence electrons. The topological polar surface area (TPSA) is 66.3 Å². The normalized spacial score (nSPS) is 16.6. The minimum absolute atomic E-state index is 0.0285. The van der Waals surface area contributed by atoms with Crippen molar-refractivity contribution in [1.82, 2.24) is 9.36 Å². The average molecular weight is 241 g/mol. The van der Waals surface area contributed by atoms with Crippen molar-refractivity contribution >= 4 is 22.6 Å². The summed E-state index contributed by atoms with van der Waals surface area (Å²) in [6.07, 6.45) is 4.84. The van der Waals surface area contributed by atoms with Crippen LogP contribution in [0.5, 0.6) is 0 Å². The lowest BCUT2D eigenvalue weighted by atomic mass is 10.1. The van der Waals surface area contributed by atoms with Gasteiger partial charge in [0.25, 0.3) is 0 Å². The summed E-state index contributed by atoms with van der Waals surface area (Å²) in [6.45, 7) is -0.0285. The summed E-state index contributed by atoms with van der Waals surface area (Å²) in [5.74, 6) is 0.540. The Bertz CT molecular complexity index is 374. The molecule has 2 rings (SSSR count). The summed E-state index contributed by atoms with van der Waals surface area (Å²) < 4.78 is 4.32. The fourth-order valence-electron chi connectivity index (χ4n) is 2.00. The molecule has 1 aliphatic carbocycles. The summed E-state index contributed by atoms with van der Waals surface area (Å²) in [4.78, 5) is 16.6. The monoisotopic (exact) mass is 241 g/mol. The highest BCUT2D eigenvalue weighted by atomic mass is 32.1. The van der Waals surface area contributed by atoms with Gasteiger partial charge in [-0.1, -0.05) is 12.8 Å². The van der Waals surface area contributed by atoms with Crippen LogP contribution in [0.4, 0.5) is 5.13 Å². The number of carbonyl (C=O) groups is 1. The molecule has 0 atom stereocenters. The second kappa shape index (κ2) is 4.78. The maximum absolute atomic E-state index is 10.6. The zero-order valence-electron chi connectivity index (χ0n) is 9.22. The van der Waals surface area contributed by atoms with Crippen molar-refractivity contribution in [2.24, 2.45) is 0 Å². The van der Waals surface area contributed by atoms with Gasteiger partial charge in [-0.25, -0.2) is 4.98 Å². The number of rotatable bonds is 4. The second-order valence-electron chi connectivity index (χ2n) is 4.17. The van der Waals surface area contributed by atoms with Crippen LogP contribution in [0, 0.1) is 0 Å². The van der Waals surface area contributed by atoms with Crippen LogP contribution in [0.15, 0.2) is 0 Å². The zero-order chi connectivity index (χ0) is 11.5. The molecule has 6 heteroatoms. The first-order valence-electron chi connectivity index (χ1n) is 5.43. The van der Waals surface area contributed by atoms with Crippen molar-refractivity contribution in [2.75, 3.05) is 18.5 Å². The highest BCUT2D eigenvalue weighted by Crippen LogP contribution is 2.34. The zero-order valence-corrected chi connectivity index (χ0v) is 10.0. The summed E-state index contributed by atoms with van der Waals surface area (Å²) in [5.41, 5.74) is 0. The summed E-state index contributed by atoms with van der Waals surface area (Å²) in [7, 11) is 1.73. The lowest BCUT2D eigenvalue weighted by Gasteiger charge is -2.11. The van der Waals surface area contributed by atoms with Crippen molar-refractivity contribution in [3.05, 3.63) is 5.82 Å². The van der Waals surface area contributed by atoms with Gasteiger partial charge in [-0.05, 0) is 12.8 Å². The Labute approximate surface area is 98.3 Å². The number of carboxylic acids is 1. The molecule has 1 saturated carbocycles. The Balaban J connectivity index is 2.03. The molecule has 0 amide bonds. The van der Waals surface area contributed by atoms with Crippen LogP contribution in [0.2, 0.25) is 0 Å². The Morgan fingerprint density at radius 3 is 2.88 bits per heavy atom. The van der Waals surface area contributed by atoms with Crippen LogP contribution < -0.4 is 4.90 Å². The molecule has 1 aromatic heterocycles. The molecule has 0 saturated heterocycles. The SMILES string of the molecule is CN(CC(=O)O)c1nc(C2CCCC2)ns1. The lowest BCUT2D eigenvalue weighted by Crippen LogP contribution is -2.24. The number of aliphatic carboxylic acids is 1. The smallest absolute Gasteiger partial charge is 0.323 e. The highest BCUT2D eigenvalue weighted by Gasteiger charge is 2.22. The fraction of sp³-hybridized carbons (Fsp3) is 0.700. The molecule has 1 N–H and O–H groups in total. The van der Waals surface area contributed by atoms with E-state index in [0.29, 0.717) is 11.0 Å². The van der Waals surface area contributed by atoms with Gasteiger partial charge in [-0.3, -0.25) is 4.79 Å². The first kappa shape index (κ1) is 11.3. The average Bonchev–Trinajstić information content (AvgIpc) is 2.87. The van der Waals surface area contributed by atoms with Gasteiger partial charge in [0.1, 0.15) is 12.4 Å². The van der Waals surface area contributed by atoms with Gasteiger partial charge in [0, 0.05) is 24.5 Å². The van der Waals surface area contributed by atoms with Crippen LogP contribution in [0.25, 0.3) is 0 Å². The minimum atomic E-state index is -0.847. The molecule has 0 spiro atoms. The molecule has 0 radical (unpaired) electrons. The van der Waals surface area contributed by atoms with Gasteiger partial charge in [0.15, 0.2) is 0 Å². The first-order chi connectivity index (χ1) is 7.66. The van der Waals surface area contributed by atoms with E-state index in [1.165, 1.54) is 37.2 Å². The van der Waals surface area contributed by atoms with Crippen LogP contribution in [-0.2, 0) is 4.79 Å². The van der Waals surface area contributed by atoms with Crippen molar-refractivity contribution in [1.29, 1.82) is 0 Å². The van der Waals surface area contributed by atoms with Crippen LogP contribution in [0.3, 0.4) is 0 Å². The van der Waals surface area contributed by atoms with Crippen molar-refractivity contribution in [3.8, 4) is 0 Å². The number of anilines is 1. The fourth-order valence-corrected chi connectivity index (χ4v) is 2.71. The quantitative estimate of drug-likeness (QED) is 0.869. The predicted octanol–water partition coefficient (Wildman–Crippen LogP) is 1.72. The maximum atomic E-state index is 10.6. The standard InChI is InChI=1S/C10H15N3O2S/c1-13(6-8(14)15)10-11-9(12-16-10)7-4-2-3-5-7/h7H,2-6H2,1H3,(H,14,15). The molecule has 1 aliphatic rings. The molecule has 1 fully saturated rings. The van der Waals surface area contributed by atoms with Gasteiger partial charge in [-0.2, -0.15) is 4.37 Å². The van der Waals surface area contributed by atoms with E-state index in [4.69, 9.17) is 5.11 Å².